The zero-order chi connectivity index (χ0) is 49.1. The first kappa shape index (κ1) is 50.8. The number of fused-ring (bicyclic) bond motifs is 1. The fourth-order valence-corrected chi connectivity index (χ4v) is 9.23. The summed E-state index contributed by atoms with van der Waals surface area (Å²) in [6.45, 7) is 17.8. The van der Waals surface area contributed by atoms with Crippen LogP contribution in [-0.2, 0) is 78.1 Å². The molecular weight excluding hydrogens is 873 g/mol. The first-order valence-corrected chi connectivity index (χ1v) is 23.3. The topological polar surface area (TPSA) is 209 Å². The number of benzene rings is 3. The van der Waals surface area contributed by atoms with Gasteiger partial charge in [0, 0.05) is 44.6 Å². The molecule has 0 fully saturated rings. The van der Waals surface area contributed by atoms with Gasteiger partial charge in [0.1, 0.15) is 30.2 Å². The highest BCUT2D eigenvalue weighted by atomic mass is 16.7. The summed E-state index contributed by atoms with van der Waals surface area (Å²) in [6, 6.07) is 15.3. The van der Waals surface area contributed by atoms with Crippen molar-refractivity contribution in [1.29, 1.82) is 0 Å². The maximum absolute atomic E-state index is 13.3. The molecule has 68 heavy (non-hydrogen) atoms. The number of carbonyl (C=O) groups is 6. The molecule has 0 saturated heterocycles. The number of nitrogens with two attached hydrogens (primary N) is 1. The van der Waals surface area contributed by atoms with E-state index in [-0.39, 0.29) is 42.7 Å². The smallest absolute Gasteiger partial charge is 0.329 e. The number of esters is 3. The number of carbonyl (C=O) groups excluding carboxylic acids is 6. The molecule has 17 heteroatoms. The van der Waals surface area contributed by atoms with Gasteiger partial charge >= 0.3 is 17.9 Å². The molecule has 5 aliphatic heterocycles. The third-order valence-electron chi connectivity index (χ3n) is 12.2. The van der Waals surface area contributed by atoms with Crippen LogP contribution in [0.15, 0.2) is 76.7 Å². The molecule has 3 aromatic carbocycles. The fraction of sp³-hybridized carbons (Fsp3) is 0.451. The molecule has 362 valence electrons. The molecule has 6 atom stereocenters. The van der Waals surface area contributed by atoms with Crippen molar-refractivity contribution in [2.24, 2.45) is 15.7 Å². The molecule has 0 aliphatic carbocycles. The van der Waals surface area contributed by atoms with Gasteiger partial charge in [-0.05, 0) is 94.8 Å². The van der Waals surface area contributed by atoms with Crippen molar-refractivity contribution in [3.8, 4) is 0 Å². The Balaban J connectivity index is 0.000000170. The molecule has 0 bridgehead atoms. The molecule has 0 aromatic heterocycles. The lowest BCUT2D eigenvalue weighted by Gasteiger charge is -2.28. The van der Waals surface area contributed by atoms with Crippen LogP contribution < -0.4 is 20.4 Å². The van der Waals surface area contributed by atoms with Crippen molar-refractivity contribution < 1.29 is 52.5 Å². The van der Waals surface area contributed by atoms with E-state index in [2.05, 4.69) is 23.4 Å². The number of aliphatic imine (C=N–C) groups is 2. The zero-order valence-corrected chi connectivity index (χ0v) is 39.5. The van der Waals surface area contributed by atoms with Gasteiger partial charge in [-0.3, -0.25) is 39.1 Å². The summed E-state index contributed by atoms with van der Waals surface area (Å²) < 4.78 is 26.5. The van der Waals surface area contributed by atoms with E-state index in [1.54, 1.807) is 31.7 Å². The summed E-state index contributed by atoms with van der Waals surface area (Å²) in [4.78, 5) is 87.6. The van der Waals surface area contributed by atoms with Gasteiger partial charge in [-0.25, -0.2) is 14.4 Å². The molecule has 0 spiro atoms. The second-order valence-electron chi connectivity index (χ2n) is 16.4. The summed E-state index contributed by atoms with van der Waals surface area (Å²) in [5, 5.41) is 0. The monoisotopic (exact) mass is 934 g/mol. The molecule has 0 radical (unpaired) electrons. The first-order valence-electron chi connectivity index (χ1n) is 23.3. The van der Waals surface area contributed by atoms with E-state index in [0.29, 0.717) is 57.8 Å². The van der Waals surface area contributed by atoms with Crippen LogP contribution in [-0.4, -0.2) is 125 Å². The number of para-hydroxylation sites is 3. The van der Waals surface area contributed by atoms with Crippen LogP contribution in [0.4, 0.5) is 17.1 Å². The lowest BCUT2D eigenvalue weighted by molar-refractivity contribution is -0.149. The average Bonchev–Trinajstić information content (AvgIpc) is 4.01. The van der Waals surface area contributed by atoms with Crippen LogP contribution in [0.25, 0.3) is 6.08 Å². The molecule has 2 N–H and O–H groups in total. The Labute approximate surface area is 397 Å². The summed E-state index contributed by atoms with van der Waals surface area (Å²) in [5.74, 6) is -1.86. The minimum absolute atomic E-state index is 0.174. The lowest BCUT2D eigenvalue weighted by atomic mass is 10.0. The minimum Gasteiger partial charge on any atom is -0.464 e. The van der Waals surface area contributed by atoms with Crippen LogP contribution in [0.5, 0.6) is 0 Å². The number of anilines is 3. The fourth-order valence-electron chi connectivity index (χ4n) is 9.23. The first-order chi connectivity index (χ1) is 32.9. The normalized spacial score (nSPS) is 20.9. The Morgan fingerprint density at radius 3 is 1.79 bits per heavy atom. The highest BCUT2D eigenvalue weighted by molar-refractivity contribution is 6.09. The third kappa shape index (κ3) is 10.7. The number of hydrogen-bond donors (Lipinski definition) is 1. The molecule has 5 aliphatic rings. The summed E-state index contributed by atoms with van der Waals surface area (Å²) in [6.07, 6.45) is 6.05. The maximum atomic E-state index is 13.3. The molecule has 0 saturated carbocycles. The van der Waals surface area contributed by atoms with Gasteiger partial charge in [0.25, 0.3) is 11.8 Å². The van der Waals surface area contributed by atoms with Gasteiger partial charge in [-0.2, -0.15) is 0 Å². The van der Waals surface area contributed by atoms with E-state index in [1.165, 1.54) is 9.80 Å². The van der Waals surface area contributed by atoms with Gasteiger partial charge in [-0.1, -0.05) is 66.7 Å². The summed E-state index contributed by atoms with van der Waals surface area (Å²) in [5.41, 5.74) is 13.3. The van der Waals surface area contributed by atoms with Crippen molar-refractivity contribution in [2.75, 3.05) is 47.7 Å². The van der Waals surface area contributed by atoms with E-state index >= 15 is 0 Å². The Morgan fingerprint density at radius 2 is 1.21 bits per heavy atom. The van der Waals surface area contributed by atoms with E-state index < -0.39 is 48.5 Å². The Kier molecular flexibility index (Phi) is 17.5. The number of amides is 3. The number of hydrogen-bond acceptors (Lipinski definition) is 14. The van der Waals surface area contributed by atoms with Gasteiger partial charge in [0.05, 0.1) is 37.2 Å². The summed E-state index contributed by atoms with van der Waals surface area (Å²) >= 11 is 0. The quantitative estimate of drug-likeness (QED) is 0.0948. The van der Waals surface area contributed by atoms with Crippen molar-refractivity contribution in [2.45, 2.75) is 116 Å². The molecule has 3 amide bonds. The Morgan fingerprint density at radius 1 is 0.676 bits per heavy atom. The van der Waals surface area contributed by atoms with Crippen LogP contribution in [0.1, 0.15) is 75.3 Å². The van der Waals surface area contributed by atoms with Gasteiger partial charge in [-0.15, -0.1) is 0 Å². The molecule has 6 unspecified atom stereocenters. The van der Waals surface area contributed by atoms with Crippen molar-refractivity contribution in [3.63, 3.8) is 0 Å². The second-order valence-corrected chi connectivity index (χ2v) is 16.4. The predicted molar refractivity (Wildman–Crippen MR) is 258 cm³/mol. The number of aryl methyl sites for hydroxylation is 1. The Hall–Kier alpha value is -6.56. The van der Waals surface area contributed by atoms with Gasteiger partial charge < -0.3 is 29.4 Å². The molecule has 5 heterocycles. The SMILES string of the molecule is C=NC(CC(OCC)OCC)C(=O)N1c2ccccc2CC1C(=O)OCC.C=NC1C=Cc2cccc3c2N(C1=O)C(C(=O)OCC)C3.CCOC(=O)C1Cc2cccc3c2N1C(=O)C(N)CC3. The van der Waals surface area contributed by atoms with Crippen LogP contribution in [0.3, 0.4) is 0 Å². The van der Waals surface area contributed by atoms with E-state index in [4.69, 9.17) is 29.4 Å². The van der Waals surface area contributed by atoms with Gasteiger partial charge in [0.2, 0.25) is 5.91 Å². The third-order valence-corrected chi connectivity index (χ3v) is 12.2. The number of rotatable bonds is 15. The Bertz CT molecular complexity index is 2400. The molecular formula is C51H62N6O11. The maximum Gasteiger partial charge on any atom is 0.329 e. The largest absolute Gasteiger partial charge is 0.464 e. The van der Waals surface area contributed by atoms with E-state index in [9.17, 15) is 28.8 Å². The standard InChI is InChI=1S/C20H28N2O5.C16H16N2O3.C15H18N2O3/c1-5-25-18(26-6-2)13-15(21-4)19(23)22-16-11-9-8-10-14(16)12-17(22)20(24)27-7-3;1-3-21-16(20)13-9-11-6-4-5-10-7-8-12(17-2)15(19)18(13)14(10)11;1-2-20-15(19)12-8-10-5-3-4-9-6-7-11(16)14(18)17(12)13(9)10/h8-11,15,17-18H,4-7,12-13H2,1-3H3;4-8,12-13H,2-3,9H2,1H3;3-5,11-12H,2,6-8,16H2,1H3. The summed E-state index contributed by atoms with van der Waals surface area (Å²) in [7, 11) is 0. The van der Waals surface area contributed by atoms with Crippen molar-refractivity contribution in [3.05, 3.63) is 94.6 Å². The molecule has 8 rings (SSSR count). The van der Waals surface area contributed by atoms with E-state index in [1.807, 2.05) is 80.6 Å². The molecule has 3 aromatic rings. The highest BCUT2D eigenvalue weighted by Crippen LogP contribution is 2.41. The number of nitrogens with zero attached hydrogens (tertiary/aromatic N) is 5. The van der Waals surface area contributed by atoms with Gasteiger partial charge in [0.15, 0.2) is 6.29 Å². The molecule has 17 nitrogen and oxygen atoms in total. The van der Waals surface area contributed by atoms with Crippen molar-refractivity contribution >= 4 is 72.2 Å². The van der Waals surface area contributed by atoms with Crippen LogP contribution in [0.2, 0.25) is 0 Å². The predicted octanol–water partition coefficient (Wildman–Crippen LogP) is 4.75. The average molecular weight is 935 g/mol. The minimum atomic E-state index is -0.781. The second kappa shape index (κ2) is 23.4. The van der Waals surface area contributed by atoms with Crippen molar-refractivity contribution in [1.82, 2.24) is 0 Å². The lowest BCUT2D eigenvalue weighted by Crippen LogP contribution is -2.50. The highest BCUT2D eigenvalue weighted by Gasteiger charge is 2.45. The van der Waals surface area contributed by atoms with E-state index in [0.717, 1.165) is 45.6 Å². The zero-order valence-electron chi connectivity index (χ0n) is 39.5. The van der Waals surface area contributed by atoms with Crippen LogP contribution >= 0.6 is 0 Å². The number of ether oxygens (including phenoxy) is 5. The van der Waals surface area contributed by atoms with Crippen LogP contribution in [0, 0.1) is 0 Å².